The van der Waals surface area contributed by atoms with Gasteiger partial charge in [-0.2, -0.15) is 0 Å². The molecule has 3 rings (SSSR count). The fourth-order valence-corrected chi connectivity index (χ4v) is 3.00. The van der Waals surface area contributed by atoms with Crippen molar-refractivity contribution < 1.29 is 4.74 Å². The van der Waals surface area contributed by atoms with Crippen LogP contribution in [0.2, 0.25) is 0 Å². The average Bonchev–Trinajstić information content (AvgIpc) is 2.88. The number of aromatic nitrogens is 2. The summed E-state index contributed by atoms with van der Waals surface area (Å²) in [5.74, 6) is 1.90. The van der Waals surface area contributed by atoms with Gasteiger partial charge in [-0.3, -0.25) is 4.57 Å². The van der Waals surface area contributed by atoms with E-state index in [1.165, 1.54) is 0 Å². The van der Waals surface area contributed by atoms with Gasteiger partial charge >= 0.3 is 0 Å². The molecule has 0 bridgehead atoms. The fourth-order valence-electron chi connectivity index (χ4n) is 2.47. The maximum atomic E-state index is 6.11. The molecule has 1 heterocycles. The smallest absolute Gasteiger partial charge is 0.146 e. The summed E-state index contributed by atoms with van der Waals surface area (Å²) < 4.78 is 8.51. The highest BCUT2D eigenvalue weighted by Gasteiger charge is 2.16. The number of ether oxygens (including phenoxy) is 1. The third-order valence-corrected chi connectivity index (χ3v) is 4.20. The van der Waals surface area contributed by atoms with E-state index in [1.54, 1.807) is 7.11 Å². The number of hydrogen-bond acceptors (Lipinski definition) is 2. The highest BCUT2D eigenvalue weighted by atomic mass is 79.9. The number of methoxy groups -OCH3 is 1. The average molecular weight is 366 g/mol. The van der Waals surface area contributed by atoms with Gasteiger partial charge in [0.1, 0.15) is 17.1 Å². The largest absolute Gasteiger partial charge is 0.494 e. The fraction of sp³-hybridized carbons (Fsp3) is 0.188. The molecule has 21 heavy (non-hydrogen) atoms. The summed E-state index contributed by atoms with van der Waals surface area (Å²) in [7, 11) is 1.65. The van der Waals surface area contributed by atoms with E-state index in [4.69, 9.17) is 16.3 Å². The zero-order chi connectivity index (χ0) is 15.0. The minimum atomic E-state index is 0.337. The molecule has 0 spiro atoms. The molecule has 0 atom stereocenters. The van der Waals surface area contributed by atoms with Crippen molar-refractivity contribution in [3.05, 3.63) is 52.3 Å². The number of rotatable bonds is 3. The van der Waals surface area contributed by atoms with Gasteiger partial charge in [-0.15, -0.1) is 11.6 Å². The zero-order valence-electron chi connectivity index (χ0n) is 11.7. The highest BCUT2D eigenvalue weighted by Crippen LogP contribution is 2.31. The molecular weight excluding hydrogens is 352 g/mol. The molecule has 1 aromatic heterocycles. The van der Waals surface area contributed by atoms with Crippen molar-refractivity contribution in [2.75, 3.05) is 7.11 Å². The van der Waals surface area contributed by atoms with E-state index in [2.05, 4.69) is 44.5 Å². The summed E-state index contributed by atoms with van der Waals surface area (Å²) in [5.41, 5.74) is 4.05. The Balaban J connectivity index is 2.38. The maximum absolute atomic E-state index is 6.11. The van der Waals surface area contributed by atoms with Crippen LogP contribution in [-0.2, 0) is 5.88 Å². The number of nitrogens with zero attached hydrogens (tertiary/aromatic N) is 2. The van der Waals surface area contributed by atoms with Crippen LogP contribution in [0, 0.1) is 6.92 Å². The van der Waals surface area contributed by atoms with Crippen molar-refractivity contribution in [3.63, 3.8) is 0 Å². The minimum Gasteiger partial charge on any atom is -0.494 e. The van der Waals surface area contributed by atoms with Crippen molar-refractivity contribution in [1.29, 1.82) is 0 Å². The first kappa shape index (κ1) is 14.4. The number of para-hydroxylation sites is 1. The third-order valence-electron chi connectivity index (χ3n) is 3.47. The number of alkyl halides is 1. The van der Waals surface area contributed by atoms with Gasteiger partial charge in [-0.25, -0.2) is 4.98 Å². The molecular formula is C16H14BrClN2O. The maximum Gasteiger partial charge on any atom is 0.146 e. The van der Waals surface area contributed by atoms with Crippen LogP contribution < -0.4 is 4.74 Å². The van der Waals surface area contributed by atoms with Gasteiger partial charge in [-0.1, -0.05) is 28.1 Å². The minimum absolute atomic E-state index is 0.337. The molecule has 5 heteroatoms. The van der Waals surface area contributed by atoms with Gasteiger partial charge < -0.3 is 4.74 Å². The lowest BCUT2D eigenvalue weighted by Gasteiger charge is -2.12. The van der Waals surface area contributed by atoms with Gasteiger partial charge in [0, 0.05) is 4.47 Å². The molecule has 0 radical (unpaired) electrons. The molecule has 0 saturated heterocycles. The lowest BCUT2D eigenvalue weighted by Crippen LogP contribution is -2.01. The van der Waals surface area contributed by atoms with Gasteiger partial charge in [0.05, 0.1) is 24.2 Å². The zero-order valence-corrected chi connectivity index (χ0v) is 14.1. The van der Waals surface area contributed by atoms with Crippen molar-refractivity contribution in [2.45, 2.75) is 12.8 Å². The van der Waals surface area contributed by atoms with Gasteiger partial charge in [0.15, 0.2) is 0 Å². The van der Waals surface area contributed by atoms with E-state index in [-0.39, 0.29) is 0 Å². The number of halogens is 2. The molecule has 0 N–H and O–H groups in total. The van der Waals surface area contributed by atoms with Crippen molar-refractivity contribution in [2.24, 2.45) is 0 Å². The van der Waals surface area contributed by atoms with E-state index < -0.39 is 0 Å². The summed E-state index contributed by atoms with van der Waals surface area (Å²) in [4.78, 5) is 4.64. The molecule has 108 valence electrons. The standard InChI is InChI=1S/C16H14BrClN2O/c1-10-6-7-11(17)8-13(10)20-12-4-3-5-14(21-2)16(12)19-15(20)9-18/h3-8H,9H2,1-2H3. The molecule has 0 aliphatic heterocycles. The van der Waals surface area contributed by atoms with Crippen molar-refractivity contribution in [1.82, 2.24) is 9.55 Å². The van der Waals surface area contributed by atoms with Crippen molar-refractivity contribution in [3.8, 4) is 11.4 Å². The first-order valence-corrected chi connectivity index (χ1v) is 7.85. The Morgan fingerprint density at radius 2 is 2.10 bits per heavy atom. The highest BCUT2D eigenvalue weighted by molar-refractivity contribution is 9.10. The van der Waals surface area contributed by atoms with Crippen LogP contribution in [0.1, 0.15) is 11.4 Å². The Bertz CT molecular complexity index is 813. The molecule has 0 aliphatic carbocycles. The van der Waals surface area contributed by atoms with Crippen LogP contribution in [0.5, 0.6) is 5.75 Å². The Hall–Kier alpha value is -1.52. The molecule has 3 aromatic rings. The lowest BCUT2D eigenvalue weighted by molar-refractivity contribution is 0.419. The summed E-state index contributed by atoms with van der Waals surface area (Å²) in [5, 5.41) is 0. The normalized spacial score (nSPS) is 11.0. The van der Waals surface area contributed by atoms with Crippen LogP contribution >= 0.6 is 27.5 Å². The van der Waals surface area contributed by atoms with Crippen molar-refractivity contribution >= 4 is 38.6 Å². The van der Waals surface area contributed by atoms with Gasteiger partial charge in [0.2, 0.25) is 0 Å². The monoisotopic (exact) mass is 364 g/mol. The lowest BCUT2D eigenvalue weighted by atomic mass is 10.2. The molecule has 0 unspecified atom stereocenters. The van der Waals surface area contributed by atoms with E-state index in [0.717, 1.165) is 38.3 Å². The molecule has 0 saturated carbocycles. The summed E-state index contributed by atoms with van der Waals surface area (Å²) >= 11 is 9.63. The SMILES string of the molecule is COc1cccc2c1nc(CCl)n2-c1cc(Br)ccc1C. The molecule has 0 fully saturated rings. The summed E-state index contributed by atoms with van der Waals surface area (Å²) in [6.45, 7) is 2.08. The number of aryl methyl sites for hydroxylation is 1. The summed E-state index contributed by atoms with van der Waals surface area (Å²) in [6, 6.07) is 12.1. The van der Waals surface area contributed by atoms with Gasteiger partial charge in [-0.05, 0) is 36.8 Å². The molecule has 3 nitrogen and oxygen atoms in total. The Morgan fingerprint density at radius 1 is 1.29 bits per heavy atom. The molecule has 0 amide bonds. The Kier molecular flexibility index (Phi) is 3.91. The Labute approximate surface area is 136 Å². The topological polar surface area (TPSA) is 27.1 Å². The number of hydrogen-bond donors (Lipinski definition) is 0. The molecule has 2 aromatic carbocycles. The third kappa shape index (κ3) is 2.43. The molecule has 0 aliphatic rings. The first-order valence-electron chi connectivity index (χ1n) is 6.52. The second kappa shape index (κ2) is 5.70. The van der Waals surface area contributed by atoms with Crippen LogP contribution in [0.4, 0.5) is 0 Å². The predicted molar refractivity (Wildman–Crippen MR) is 89.6 cm³/mol. The summed E-state index contributed by atoms with van der Waals surface area (Å²) in [6.07, 6.45) is 0. The second-order valence-electron chi connectivity index (χ2n) is 4.76. The van der Waals surface area contributed by atoms with Crippen LogP contribution in [-0.4, -0.2) is 16.7 Å². The second-order valence-corrected chi connectivity index (χ2v) is 5.94. The van der Waals surface area contributed by atoms with E-state index in [1.807, 2.05) is 24.3 Å². The number of benzene rings is 2. The number of fused-ring (bicyclic) bond motifs is 1. The van der Waals surface area contributed by atoms with Crippen LogP contribution in [0.15, 0.2) is 40.9 Å². The van der Waals surface area contributed by atoms with Crippen LogP contribution in [0.25, 0.3) is 16.7 Å². The van der Waals surface area contributed by atoms with E-state index >= 15 is 0 Å². The number of imidazole rings is 1. The van der Waals surface area contributed by atoms with E-state index in [0.29, 0.717) is 5.88 Å². The first-order chi connectivity index (χ1) is 10.2. The predicted octanol–water partition coefficient (Wildman–Crippen LogP) is 4.84. The quantitative estimate of drug-likeness (QED) is 0.621. The Morgan fingerprint density at radius 3 is 2.81 bits per heavy atom. The van der Waals surface area contributed by atoms with E-state index in [9.17, 15) is 0 Å². The van der Waals surface area contributed by atoms with Gasteiger partial charge in [0.25, 0.3) is 0 Å². The van der Waals surface area contributed by atoms with Crippen LogP contribution in [0.3, 0.4) is 0 Å².